The molecule has 4 nitrogen and oxygen atoms in total. The van der Waals surface area contributed by atoms with Crippen LogP contribution in [-0.4, -0.2) is 11.3 Å². The van der Waals surface area contributed by atoms with Crippen molar-refractivity contribution in [3.8, 4) is 11.8 Å². The Morgan fingerprint density at radius 1 is 1.53 bits per heavy atom. The fraction of sp³-hybridized carbons (Fsp3) is 0.143. The predicted molar refractivity (Wildman–Crippen MR) is 45.1 cm³/mol. The molecule has 0 aliphatic heterocycles. The molecule has 1 heterocycles. The van der Waals surface area contributed by atoms with Crippen molar-refractivity contribution in [3.05, 3.63) is 16.8 Å². The van der Waals surface area contributed by atoms with Crippen molar-refractivity contribution < 1.29 is 17.9 Å². The van der Waals surface area contributed by atoms with Gasteiger partial charge in [0.25, 0.3) is 0 Å². The molecule has 0 saturated carbocycles. The van der Waals surface area contributed by atoms with Crippen LogP contribution >= 0.6 is 11.6 Å². The zero-order chi connectivity index (χ0) is 11.6. The molecule has 15 heavy (non-hydrogen) atoms. The molecule has 0 bridgehead atoms. The Morgan fingerprint density at radius 2 is 2.13 bits per heavy atom. The van der Waals surface area contributed by atoms with Crippen LogP contribution in [0.3, 0.4) is 0 Å². The van der Waals surface area contributed by atoms with Crippen LogP contribution in [0, 0.1) is 11.3 Å². The molecule has 0 saturated heterocycles. The average molecular weight is 238 g/mol. The zero-order valence-corrected chi connectivity index (χ0v) is 7.73. The van der Waals surface area contributed by atoms with Gasteiger partial charge in [-0.1, -0.05) is 11.6 Å². The van der Waals surface area contributed by atoms with Gasteiger partial charge in [-0.3, -0.25) is 0 Å². The first-order valence-electron chi connectivity index (χ1n) is 3.45. The lowest BCUT2D eigenvalue weighted by Crippen LogP contribution is -2.18. The second kappa shape index (κ2) is 3.82. The highest BCUT2D eigenvalue weighted by molar-refractivity contribution is 6.31. The van der Waals surface area contributed by atoms with E-state index in [9.17, 15) is 13.2 Å². The van der Waals surface area contributed by atoms with Crippen LogP contribution in [0.25, 0.3) is 0 Å². The highest BCUT2D eigenvalue weighted by Crippen LogP contribution is 2.32. The van der Waals surface area contributed by atoms with E-state index in [4.69, 9.17) is 22.6 Å². The van der Waals surface area contributed by atoms with E-state index in [1.165, 1.54) is 6.07 Å². The Labute approximate surface area is 87.0 Å². The third-order valence-corrected chi connectivity index (χ3v) is 1.55. The van der Waals surface area contributed by atoms with E-state index in [-0.39, 0.29) is 5.82 Å². The molecule has 0 aromatic carbocycles. The van der Waals surface area contributed by atoms with E-state index >= 15 is 0 Å². The normalized spacial score (nSPS) is 10.9. The number of nitrogens with two attached hydrogens (primary N) is 1. The van der Waals surface area contributed by atoms with Gasteiger partial charge < -0.3 is 10.5 Å². The maximum absolute atomic E-state index is 11.9. The summed E-state index contributed by atoms with van der Waals surface area (Å²) in [5.74, 6) is -1.01. The second-order valence-corrected chi connectivity index (χ2v) is 2.73. The fourth-order valence-electron chi connectivity index (χ4n) is 0.817. The number of hydrogen-bond acceptors (Lipinski definition) is 4. The van der Waals surface area contributed by atoms with Crippen LogP contribution in [0.15, 0.2) is 6.07 Å². The second-order valence-electron chi connectivity index (χ2n) is 2.37. The summed E-state index contributed by atoms with van der Waals surface area (Å²) >= 11 is 5.35. The van der Waals surface area contributed by atoms with Crippen molar-refractivity contribution in [1.82, 2.24) is 4.98 Å². The predicted octanol–water partition coefficient (Wildman–Crippen LogP) is 2.09. The molecule has 2 N–H and O–H groups in total. The topological polar surface area (TPSA) is 71.9 Å². The number of rotatable bonds is 1. The van der Waals surface area contributed by atoms with E-state index in [0.717, 1.165) is 6.07 Å². The Morgan fingerprint density at radius 3 is 2.60 bits per heavy atom. The first-order valence-corrected chi connectivity index (χ1v) is 3.83. The monoisotopic (exact) mass is 237 g/mol. The standard InChI is InChI=1S/C7H3ClF3N3O/c8-6-5(15-7(9,10)11)3(2-12)1-4(13)14-6/h1H,(H2,13,14). The number of ether oxygens (including phenoxy) is 1. The molecular weight excluding hydrogens is 235 g/mol. The number of aromatic nitrogens is 1. The Hall–Kier alpha value is -1.68. The van der Waals surface area contributed by atoms with Gasteiger partial charge in [0, 0.05) is 6.07 Å². The van der Waals surface area contributed by atoms with Crippen molar-refractivity contribution >= 4 is 17.4 Å². The zero-order valence-electron chi connectivity index (χ0n) is 6.97. The summed E-state index contributed by atoms with van der Waals surface area (Å²) in [6, 6.07) is 2.41. The molecule has 0 aliphatic carbocycles. The van der Waals surface area contributed by atoms with Crippen molar-refractivity contribution in [2.45, 2.75) is 6.36 Å². The highest BCUT2D eigenvalue weighted by Gasteiger charge is 2.33. The van der Waals surface area contributed by atoms with Gasteiger partial charge in [-0.2, -0.15) is 5.26 Å². The first-order chi connectivity index (χ1) is 6.83. The molecule has 0 spiro atoms. The van der Waals surface area contributed by atoms with Gasteiger partial charge in [-0.05, 0) is 0 Å². The number of pyridine rings is 1. The van der Waals surface area contributed by atoms with E-state index in [1.54, 1.807) is 0 Å². The van der Waals surface area contributed by atoms with Gasteiger partial charge in [0.2, 0.25) is 0 Å². The summed E-state index contributed by atoms with van der Waals surface area (Å²) in [6.45, 7) is 0. The van der Waals surface area contributed by atoms with E-state index in [1.807, 2.05) is 0 Å². The number of hydrogen-bond donors (Lipinski definition) is 1. The van der Waals surface area contributed by atoms with Gasteiger partial charge in [-0.15, -0.1) is 13.2 Å². The lowest BCUT2D eigenvalue weighted by molar-refractivity contribution is -0.274. The average Bonchev–Trinajstić information content (AvgIpc) is 2.07. The van der Waals surface area contributed by atoms with Gasteiger partial charge in [0.1, 0.15) is 17.5 Å². The maximum atomic E-state index is 11.9. The summed E-state index contributed by atoms with van der Waals surface area (Å²) in [5, 5.41) is 7.92. The molecule has 1 aromatic heterocycles. The Kier molecular flexibility index (Phi) is 2.90. The molecule has 1 rings (SSSR count). The maximum Gasteiger partial charge on any atom is 0.573 e. The summed E-state index contributed by atoms with van der Waals surface area (Å²) in [6.07, 6.45) is -4.94. The molecule has 0 fully saturated rings. The SMILES string of the molecule is N#Cc1cc(N)nc(Cl)c1OC(F)(F)F. The molecule has 0 radical (unpaired) electrons. The van der Waals surface area contributed by atoms with Crippen molar-refractivity contribution in [2.75, 3.05) is 5.73 Å². The van der Waals surface area contributed by atoms with Gasteiger partial charge in [0.05, 0.1) is 0 Å². The Balaban J connectivity index is 3.23. The minimum absolute atomic E-state index is 0.161. The van der Waals surface area contributed by atoms with Crippen molar-refractivity contribution in [1.29, 1.82) is 5.26 Å². The highest BCUT2D eigenvalue weighted by atomic mass is 35.5. The smallest absolute Gasteiger partial charge is 0.401 e. The van der Waals surface area contributed by atoms with Crippen molar-refractivity contribution in [2.24, 2.45) is 0 Å². The van der Waals surface area contributed by atoms with E-state index < -0.39 is 22.8 Å². The lowest BCUT2D eigenvalue weighted by Gasteiger charge is -2.11. The molecule has 80 valence electrons. The van der Waals surface area contributed by atoms with Gasteiger partial charge in [-0.25, -0.2) is 4.98 Å². The number of nitrogens with zero attached hydrogens (tertiary/aromatic N) is 2. The largest absolute Gasteiger partial charge is 0.573 e. The van der Waals surface area contributed by atoms with Crippen LogP contribution in [0.5, 0.6) is 5.75 Å². The number of anilines is 1. The van der Waals surface area contributed by atoms with Crippen LogP contribution < -0.4 is 10.5 Å². The number of nitrogen functional groups attached to an aromatic ring is 1. The van der Waals surface area contributed by atoms with Gasteiger partial charge >= 0.3 is 6.36 Å². The molecule has 0 amide bonds. The molecular formula is C7H3ClF3N3O. The molecule has 1 aromatic rings. The van der Waals surface area contributed by atoms with Crippen LogP contribution in [0.4, 0.5) is 19.0 Å². The van der Waals surface area contributed by atoms with Gasteiger partial charge in [0.15, 0.2) is 10.9 Å². The third-order valence-electron chi connectivity index (χ3n) is 1.29. The van der Waals surface area contributed by atoms with Crippen LogP contribution in [0.2, 0.25) is 5.15 Å². The van der Waals surface area contributed by atoms with E-state index in [2.05, 4.69) is 9.72 Å². The molecule has 0 aliphatic rings. The van der Waals surface area contributed by atoms with Crippen LogP contribution in [0.1, 0.15) is 5.56 Å². The lowest BCUT2D eigenvalue weighted by atomic mass is 10.2. The minimum Gasteiger partial charge on any atom is -0.401 e. The van der Waals surface area contributed by atoms with E-state index in [0.29, 0.717) is 0 Å². The molecule has 0 atom stereocenters. The number of nitriles is 1. The summed E-state index contributed by atoms with van der Waals surface area (Å²) in [4.78, 5) is 3.33. The molecule has 0 unspecified atom stereocenters. The summed E-state index contributed by atoms with van der Waals surface area (Å²) < 4.78 is 39.2. The van der Waals surface area contributed by atoms with Crippen molar-refractivity contribution in [3.63, 3.8) is 0 Å². The number of halogens is 4. The number of alkyl halides is 3. The quantitative estimate of drug-likeness (QED) is 0.759. The summed E-state index contributed by atoms with van der Waals surface area (Å²) in [7, 11) is 0. The minimum atomic E-state index is -4.94. The third kappa shape index (κ3) is 2.89. The fourth-order valence-corrected chi connectivity index (χ4v) is 1.05. The first kappa shape index (κ1) is 11.4. The summed E-state index contributed by atoms with van der Waals surface area (Å²) in [5.41, 5.74) is 4.76. The molecule has 8 heteroatoms. The Bertz CT molecular complexity index is 427. The van der Waals surface area contributed by atoms with Crippen LogP contribution in [-0.2, 0) is 0 Å².